The van der Waals surface area contributed by atoms with Crippen molar-refractivity contribution >= 4 is 50.2 Å². The number of benzene rings is 3. The van der Waals surface area contributed by atoms with Crippen LogP contribution in [-0.4, -0.2) is 0 Å². The summed E-state index contributed by atoms with van der Waals surface area (Å²) in [5.41, 5.74) is 6.54. The average molecular weight is 609 g/mol. The van der Waals surface area contributed by atoms with E-state index < -0.39 is 6.03 Å². The zero-order chi connectivity index (χ0) is 29.4. The lowest BCUT2D eigenvalue weighted by Gasteiger charge is -2.29. The Hall–Kier alpha value is -4.62. The smallest absolute Gasteiger partial charge is 0.351 e. The van der Waals surface area contributed by atoms with E-state index in [0.29, 0.717) is 0 Å². The van der Waals surface area contributed by atoms with Crippen LogP contribution >= 0.6 is 22.7 Å². The van der Waals surface area contributed by atoms with Gasteiger partial charge in [0.2, 0.25) is 0 Å². The third-order valence-electron chi connectivity index (χ3n) is 8.52. The lowest BCUT2D eigenvalue weighted by Crippen LogP contribution is -2.73. The molecule has 0 amide bonds. The number of aromatic nitrogens is 2. The van der Waals surface area contributed by atoms with Gasteiger partial charge in [0.1, 0.15) is 11.9 Å². The van der Waals surface area contributed by atoms with Gasteiger partial charge in [-0.2, -0.15) is 0 Å². The van der Waals surface area contributed by atoms with Crippen LogP contribution in [0.2, 0.25) is 0 Å². The van der Waals surface area contributed by atoms with Crippen molar-refractivity contribution in [3.63, 3.8) is 0 Å². The summed E-state index contributed by atoms with van der Waals surface area (Å²) in [4.78, 5) is 4.99. The molecule has 2 aliphatic heterocycles. The third-order valence-corrected chi connectivity index (χ3v) is 10.6. The monoisotopic (exact) mass is 608 g/mol. The summed E-state index contributed by atoms with van der Waals surface area (Å²) in [6.45, 7) is 4.31. The highest BCUT2D eigenvalue weighted by molar-refractivity contribution is 7.15. The Kier molecular flexibility index (Phi) is 5.69. The molecule has 44 heavy (non-hydrogen) atoms. The highest BCUT2D eigenvalue weighted by atomic mass is 32.1. The van der Waals surface area contributed by atoms with E-state index in [1.165, 1.54) is 19.5 Å². The molecule has 0 saturated carbocycles. The first kappa shape index (κ1) is 25.8. The van der Waals surface area contributed by atoms with E-state index in [1.54, 1.807) is 22.7 Å². The van der Waals surface area contributed by atoms with E-state index in [0.717, 1.165) is 49.8 Å². The number of hydrogen-bond acceptors (Lipinski definition) is 4. The summed E-state index contributed by atoms with van der Waals surface area (Å²) in [6, 6.07) is 37.3. The molecule has 3 aromatic carbocycles. The highest BCUT2D eigenvalue weighted by Crippen LogP contribution is 2.43. The molecule has 2 aliphatic rings. The van der Waals surface area contributed by atoms with Crippen LogP contribution in [-0.2, 0) is 15.5 Å². The Morgan fingerprint density at radius 2 is 1.16 bits per heavy atom. The Morgan fingerprint density at radius 1 is 0.614 bits per heavy atom. The minimum atomic E-state index is -1.30. The van der Waals surface area contributed by atoms with Crippen molar-refractivity contribution in [3.8, 4) is 20.9 Å². The summed E-state index contributed by atoms with van der Waals surface area (Å²) in [6.07, 6.45) is 6.18. The zero-order valence-electron chi connectivity index (χ0n) is 24.2. The largest absolute Gasteiger partial charge is 0.669 e. The van der Waals surface area contributed by atoms with Crippen LogP contribution in [0.4, 0.5) is 0 Å². The van der Waals surface area contributed by atoms with Crippen LogP contribution in [0, 0.1) is 13.8 Å². The number of nitrogens with zero attached hydrogens (tertiary/aromatic N) is 2. The Morgan fingerprint density at radius 3 is 1.68 bits per heavy atom. The zero-order valence-corrected chi connectivity index (χ0v) is 25.9. The van der Waals surface area contributed by atoms with Crippen molar-refractivity contribution in [3.05, 3.63) is 149 Å². The summed E-state index contributed by atoms with van der Waals surface area (Å²) >= 11 is 3.60. The SMILES string of the molecule is Cc1ccc(-c2cc3ccc4cc(-c5ccc(C)s5)c[n+]5c4c3[n+](c2)C52OC(c3ccccc3)=CC(c3ccccc3)O2)s1. The van der Waals surface area contributed by atoms with Crippen molar-refractivity contribution in [2.75, 3.05) is 0 Å². The topological polar surface area (TPSA) is 26.2 Å². The van der Waals surface area contributed by atoms with Gasteiger partial charge in [0, 0.05) is 25.1 Å². The predicted octanol–water partition coefficient (Wildman–Crippen LogP) is 8.90. The van der Waals surface area contributed by atoms with Gasteiger partial charge in [0.05, 0.1) is 21.9 Å². The van der Waals surface area contributed by atoms with Crippen molar-refractivity contribution in [1.82, 2.24) is 0 Å². The van der Waals surface area contributed by atoms with Gasteiger partial charge in [0.15, 0.2) is 12.4 Å². The molecule has 0 radical (unpaired) electrons. The van der Waals surface area contributed by atoms with Gasteiger partial charge in [-0.3, -0.25) is 0 Å². The lowest BCUT2D eigenvalue weighted by molar-refractivity contribution is -1.05. The van der Waals surface area contributed by atoms with Crippen molar-refractivity contribution in [2.24, 2.45) is 0 Å². The maximum absolute atomic E-state index is 7.26. The van der Waals surface area contributed by atoms with Gasteiger partial charge in [-0.05, 0) is 74.0 Å². The minimum absolute atomic E-state index is 0.347. The Labute approximate surface area is 263 Å². The molecule has 7 aromatic rings. The molecule has 1 spiro atoms. The van der Waals surface area contributed by atoms with Crippen LogP contribution in [0.3, 0.4) is 0 Å². The van der Waals surface area contributed by atoms with E-state index in [9.17, 15) is 0 Å². The van der Waals surface area contributed by atoms with Crippen LogP contribution < -0.4 is 9.13 Å². The average Bonchev–Trinajstić information content (AvgIpc) is 3.77. The van der Waals surface area contributed by atoms with Crippen molar-refractivity contribution in [2.45, 2.75) is 26.0 Å². The minimum Gasteiger partial charge on any atom is -0.351 e. The molecular weight excluding hydrogens is 581 g/mol. The van der Waals surface area contributed by atoms with Gasteiger partial charge >= 0.3 is 6.03 Å². The number of pyridine rings is 2. The molecule has 0 aliphatic carbocycles. The van der Waals surface area contributed by atoms with Crippen molar-refractivity contribution in [1.29, 1.82) is 0 Å². The second kappa shape index (κ2) is 9.69. The number of hydrogen-bond donors (Lipinski definition) is 0. The summed E-state index contributed by atoms with van der Waals surface area (Å²) in [5.74, 6) is 0.787. The predicted molar refractivity (Wildman–Crippen MR) is 177 cm³/mol. The summed E-state index contributed by atoms with van der Waals surface area (Å²) in [5, 5.41) is 2.29. The molecular formula is C38H28N2O2S2+2. The summed E-state index contributed by atoms with van der Waals surface area (Å²) < 4.78 is 18.9. The molecule has 9 rings (SSSR count). The lowest BCUT2D eigenvalue weighted by atomic mass is 10.1. The molecule has 1 atom stereocenters. The highest BCUT2D eigenvalue weighted by Gasteiger charge is 2.67. The van der Waals surface area contributed by atoms with Gasteiger partial charge in [-0.1, -0.05) is 69.8 Å². The first-order valence-corrected chi connectivity index (χ1v) is 16.4. The van der Waals surface area contributed by atoms with Gasteiger partial charge in [-0.25, -0.2) is 4.74 Å². The van der Waals surface area contributed by atoms with Crippen LogP contribution in [0.15, 0.2) is 128 Å². The molecule has 4 nitrogen and oxygen atoms in total. The van der Waals surface area contributed by atoms with Crippen LogP contribution in [0.5, 0.6) is 0 Å². The molecule has 1 unspecified atom stereocenters. The van der Waals surface area contributed by atoms with Crippen LogP contribution in [0.25, 0.3) is 48.4 Å². The number of aryl methyl sites for hydroxylation is 2. The molecule has 6 heteroatoms. The first-order chi connectivity index (χ1) is 21.6. The normalized spacial score (nSPS) is 16.6. The molecule has 0 bridgehead atoms. The standard InChI is InChI=1S/C38H28N2O2S2/c1-24-13-17-34(43-24)30-19-28-15-16-29-20-31(35-18-14-25(2)44-35)23-40-37(29)36(28)39(22-30)38(40)41-32(26-9-5-3-6-10-26)21-33(42-38)27-11-7-4-8-12-27/h3-23,32H,1-2H3/q+2. The fourth-order valence-corrected chi connectivity index (χ4v) is 8.19. The van der Waals surface area contributed by atoms with Crippen LogP contribution in [0.1, 0.15) is 27.0 Å². The summed E-state index contributed by atoms with van der Waals surface area (Å²) in [7, 11) is 0. The van der Waals surface area contributed by atoms with E-state index in [1.807, 2.05) is 12.1 Å². The second-order valence-corrected chi connectivity index (χ2v) is 14.0. The maximum atomic E-state index is 7.26. The van der Waals surface area contributed by atoms with Gasteiger partial charge in [0.25, 0.3) is 11.0 Å². The fourth-order valence-electron chi connectivity index (χ4n) is 6.49. The Balaban J connectivity index is 1.36. The molecule has 6 heterocycles. The van der Waals surface area contributed by atoms with E-state index >= 15 is 0 Å². The molecule has 0 saturated heterocycles. The molecule has 0 N–H and O–H groups in total. The number of thiophene rings is 2. The van der Waals surface area contributed by atoms with Gasteiger partial charge < -0.3 is 4.74 Å². The fraction of sp³-hybridized carbons (Fsp3) is 0.105. The van der Waals surface area contributed by atoms with Gasteiger partial charge in [-0.15, -0.1) is 22.7 Å². The molecule has 4 aromatic heterocycles. The van der Waals surface area contributed by atoms with E-state index in [-0.39, 0.29) is 6.10 Å². The van der Waals surface area contributed by atoms with Crippen molar-refractivity contribution < 1.29 is 18.6 Å². The third kappa shape index (κ3) is 3.92. The van der Waals surface area contributed by atoms with E-state index in [2.05, 4.69) is 139 Å². The Bertz CT molecular complexity index is 2160. The number of rotatable bonds is 4. The number of ether oxygens (including phenoxy) is 2. The first-order valence-electron chi connectivity index (χ1n) is 14.8. The number of fused-ring (bicyclic) bond motifs is 2. The quantitative estimate of drug-likeness (QED) is 0.147. The van der Waals surface area contributed by atoms with E-state index in [4.69, 9.17) is 9.47 Å². The molecule has 0 fully saturated rings. The second-order valence-electron chi connectivity index (χ2n) is 11.5. The molecule has 212 valence electrons. The maximum Gasteiger partial charge on any atom is 0.669 e.